The summed E-state index contributed by atoms with van der Waals surface area (Å²) in [7, 11) is 0. The van der Waals surface area contributed by atoms with E-state index in [2.05, 4.69) is 26.1 Å². The van der Waals surface area contributed by atoms with Crippen LogP contribution < -0.4 is 0 Å². The van der Waals surface area contributed by atoms with Gasteiger partial charge in [-0.25, -0.2) is 4.39 Å². The second kappa shape index (κ2) is 7.40. The molecular weight excluding hydrogens is 437 g/mol. The molecule has 1 aliphatic heterocycles. The van der Waals surface area contributed by atoms with Crippen molar-refractivity contribution in [2.75, 3.05) is 0 Å². The number of rotatable bonds is 4. The predicted molar refractivity (Wildman–Crippen MR) is 101 cm³/mol. The molecule has 1 unspecified atom stereocenters. The van der Waals surface area contributed by atoms with E-state index >= 15 is 0 Å². The summed E-state index contributed by atoms with van der Waals surface area (Å²) in [5, 5.41) is 4.63. The maximum Gasteiger partial charge on any atom is 0.249 e. The molecule has 0 spiro atoms. The summed E-state index contributed by atoms with van der Waals surface area (Å²) in [6.45, 7) is 0.154. The average molecular weight is 451 g/mol. The Morgan fingerprint density at radius 3 is 2.78 bits per heavy atom. The molecule has 27 heavy (non-hydrogen) atoms. The molecule has 0 N–H and O–H groups in total. The zero-order valence-corrected chi connectivity index (χ0v) is 16.4. The number of nitrogens with zero attached hydrogens (tertiary/aromatic N) is 3. The topological polar surface area (TPSA) is 59.2 Å². The van der Waals surface area contributed by atoms with E-state index in [-0.39, 0.29) is 24.3 Å². The van der Waals surface area contributed by atoms with Crippen molar-refractivity contribution >= 4 is 33.4 Å². The van der Waals surface area contributed by atoms with E-state index in [1.165, 1.54) is 6.07 Å². The fourth-order valence-corrected chi connectivity index (χ4v) is 3.57. The number of carbonyl (C=O) groups is 1. The summed E-state index contributed by atoms with van der Waals surface area (Å²) in [5.41, 5.74) is 1.21. The Kier molecular flexibility index (Phi) is 4.97. The van der Waals surface area contributed by atoms with Crippen LogP contribution in [0.3, 0.4) is 0 Å². The third-order valence-corrected chi connectivity index (χ3v) is 5.26. The van der Waals surface area contributed by atoms with Gasteiger partial charge < -0.3 is 9.42 Å². The van der Waals surface area contributed by atoms with Crippen molar-refractivity contribution in [2.24, 2.45) is 0 Å². The molecule has 1 atom stereocenters. The number of halogens is 3. The molecular formula is C19H14BrClFN3O2. The minimum Gasteiger partial charge on any atom is -0.337 e. The van der Waals surface area contributed by atoms with Gasteiger partial charge in [0.2, 0.25) is 17.6 Å². The van der Waals surface area contributed by atoms with Crippen LogP contribution in [-0.2, 0) is 11.3 Å². The van der Waals surface area contributed by atoms with Gasteiger partial charge in [0.1, 0.15) is 11.9 Å². The van der Waals surface area contributed by atoms with Gasteiger partial charge in [0.15, 0.2) is 0 Å². The molecule has 4 rings (SSSR count). The van der Waals surface area contributed by atoms with Gasteiger partial charge in [-0.15, -0.1) is 0 Å². The Morgan fingerprint density at radius 1 is 1.26 bits per heavy atom. The third-order valence-electron chi connectivity index (χ3n) is 4.51. The minimum absolute atomic E-state index is 0.0615. The number of hydrogen-bond donors (Lipinski definition) is 0. The predicted octanol–water partition coefficient (Wildman–Crippen LogP) is 5.16. The molecule has 1 fully saturated rings. The normalized spacial score (nSPS) is 16.9. The molecule has 1 aliphatic rings. The van der Waals surface area contributed by atoms with Gasteiger partial charge in [-0.05, 0) is 42.8 Å². The van der Waals surface area contributed by atoms with E-state index in [0.717, 1.165) is 5.56 Å². The number of aromatic nitrogens is 2. The van der Waals surface area contributed by atoms with E-state index in [4.69, 9.17) is 16.1 Å². The van der Waals surface area contributed by atoms with Crippen LogP contribution in [0.25, 0.3) is 11.4 Å². The van der Waals surface area contributed by atoms with Crippen LogP contribution in [0.4, 0.5) is 4.39 Å². The SMILES string of the molecule is O=C1CCC(c2nc(-c3ccc(Cl)cc3)no2)N1Cc1ccc(Br)cc1F. The lowest BCUT2D eigenvalue weighted by molar-refractivity contribution is -0.130. The first kappa shape index (κ1) is 18.1. The first-order chi connectivity index (χ1) is 13.0. The van der Waals surface area contributed by atoms with Crippen LogP contribution in [0, 0.1) is 5.82 Å². The molecule has 1 aromatic heterocycles. The largest absolute Gasteiger partial charge is 0.337 e. The fraction of sp³-hybridized carbons (Fsp3) is 0.211. The van der Waals surface area contributed by atoms with Crippen LogP contribution in [0.2, 0.25) is 5.02 Å². The van der Waals surface area contributed by atoms with Gasteiger partial charge in [0.25, 0.3) is 0 Å². The Balaban J connectivity index is 1.59. The zero-order valence-electron chi connectivity index (χ0n) is 14.0. The van der Waals surface area contributed by atoms with Crippen LogP contribution >= 0.6 is 27.5 Å². The molecule has 2 heterocycles. The number of carbonyl (C=O) groups excluding carboxylic acids is 1. The molecule has 1 saturated heterocycles. The number of likely N-dealkylation sites (tertiary alicyclic amines) is 1. The van der Waals surface area contributed by atoms with Gasteiger partial charge in [-0.2, -0.15) is 4.98 Å². The van der Waals surface area contributed by atoms with Crippen LogP contribution in [0.1, 0.15) is 30.3 Å². The highest BCUT2D eigenvalue weighted by molar-refractivity contribution is 9.10. The van der Waals surface area contributed by atoms with Crippen molar-refractivity contribution in [1.82, 2.24) is 15.0 Å². The maximum atomic E-state index is 14.2. The molecule has 3 aromatic rings. The van der Waals surface area contributed by atoms with E-state index in [1.54, 1.807) is 41.3 Å². The Morgan fingerprint density at radius 2 is 2.04 bits per heavy atom. The van der Waals surface area contributed by atoms with E-state index in [1.807, 2.05) is 0 Å². The van der Waals surface area contributed by atoms with Gasteiger partial charge in [-0.1, -0.05) is 38.8 Å². The van der Waals surface area contributed by atoms with Crippen molar-refractivity contribution in [2.45, 2.75) is 25.4 Å². The number of amides is 1. The minimum atomic E-state index is -0.367. The molecule has 1 amide bonds. The van der Waals surface area contributed by atoms with E-state index < -0.39 is 0 Å². The highest BCUT2D eigenvalue weighted by Crippen LogP contribution is 2.34. The van der Waals surface area contributed by atoms with Gasteiger partial charge >= 0.3 is 0 Å². The highest BCUT2D eigenvalue weighted by atomic mass is 79.9. The molecule has 138 valence electrons. The Hall–Kier alpha value is -2.25. The van der Waals surface area contributed by atoms with Crippen molar-refractivity contribution < 1.29 is 13.7 Å². The van der Waals surface area contributed by atoms with Crippen molar-refractivity contribution in [3.8, 4) is 11.4 Å². The monoisotopic (exact) mass is 449 g/mol. The summed E-state index contributed by atoms with van der Waals surface area (Å²) in [5.74, 6) is 0.350. The maximum absolute atomic E-state index is 14.2. The summed E-state index contributed by atoms with van der Waals surface area (Å²) in [4.78, 5) is 18.4. The van der Waals surface area contributed by atoms with Gasteiger partial charge in [0.05, 0.1) is 0 Å². The molecule has 0 aliphatic carbocycles. The van der Waals surface area contributed by atoms with Gasteiger partial charge in [-0.3, -0.25) is 4.79 Å². The van der Waals surface area contributed by atoms with E-state index in [0.29, 0.717) is 39.6 Å². The molecule has 8 heteroatoms. The summed E-state index contributed by atoms with van der Waals surface area (Å²) in [6, 6.07) is 11.5. The second-order valence-corrected chi connectivity index (χ2v) is 7.63. The summed E-state index contributed by atoms with van der Waals surface area (Å²) >= 11 is 9.14. The molecule has 2 aromatic carbocycles. The quantitative estimate of drug-likeness (QED) is 0.551. The van der Waals surface area contributed by atoms with Crippen LogP contribution in [0.15, 0.2) is 51.5 Å². The summed E-state index contributed by atoms with van der Waals surface area (Å²) in [6.07, 6.45) is 0.917. The highest BCUT2D eigenvalue weighted by Gasteiger charge is 2.36. The molecule has 0 radical (unpaired) electrons. The average Bonchev–Trinajstić information content (AvgIpc) is 3.25. The van der Waals surface area contributed by atoms with E-state index in [9.17, 15) is 9.18 Å². The lowest BCUT2D eigenvalue weighted by Crippen LogP contribution is -2.27. The first-order valence-corrected chi connectivity index (χ1v) is 9.51. The zero-order chi connectivity index (χ0) is 19.0. The van der Waals surface area contributed by atoms with Gasteiger partial charge in [0, 0.05) is 33.6 Å². The molecule has 0 bridgehead atoms. The van der Waals surface area contributed by atoms with Crippen molar-refractivity contribution in [3.05, 3.63) is 69.2 Å². The molecule has 0 saturated carbocycles. The number of benzene rings is 2. The lowest BCUT2D eigenvalue weighted by Gasteiger charge is -2.22. The van der Waals surface area contributed by atoms with Crippen LogP contribution in [-0.4, -0.2) is 20.9 Å². The standard InChI is InChI=1S/C19H14BrClFN3O2/c20-13-4-1-12(15(22)9-13)10-25-16(7-8-17(25)26)19-23-18(24-27-19)11-2-5-14(21)6-3-11/h1-6,9,16H,7-8,10H2. The molecule has 5 nitrogen and oxygen atoms in total. The van der Waals surface area contributed by atoms with Crippen molar-refractivity contribution in [1.29, 1.82) is 0 Å². The second-order valence-electron chi connectivity index (χ2n) is 6.27. The van der Waals surface area contributed by atoms with Crippen LogP contribution in [0.5, 0.6) is 0 Å². The smallest absolute Gasteiger partial charge is 0.249 e. The fourth-order valence-electron chi connectivity index (χ4n) is 3.11. The lowest BCUT2D eigenvalue weighted by atomic mass is 10.1. The summed E-state index contributed by atoms with van der Waals surface area (Å²) < 4.78 is 20.2. The first-order valence-electron chi connectivity index (χ1n) is 8.34. The Bertz CT molecular complexity index is 993. The number of hydrogen-bond acceptors (Lipinski definition) is 4. The third kappa shape index (κ3) is 3.75. The van der Waals surface area contributed by atoms with Crippen molar-refractivity contribution in [3.63, 3.8) is 0 Å². The Labute approximate surface area is 168 Å².